The topological polar surface area (TPSA) is 46.3 Å². The summed E-state index contributed by atoms with van der Waals surface area (Å²) in [6, 6.07) is 0. The average molecular weight is 292 g/mol. The molecule has 1 aliphatic carbocycles. The van der Waals surface area contributed by atoms with Gasteiger partial charge in [-0.15, -0.1) is 11.3 Å². The van der Waals surface area contributed by atoms with Crippen molar-refractivity contribution in [2.45, 2.75) is 57.8 Å². The number of thiophene rings is 1. The zero-order valence-electron chi connectivity index (χ0n) is 12.3. The molecule has 1 aromatic rings. The molecule has 0 radical (unpaired) electrons. The monoisotopic (exact) mass is 292 g/mol. The Bertz CT molecular complexity index is 497. The number of carbonyl (C=O) groups excluding carboxylic acids is 1. The first-order valence-corrected chi connectivity index (χ1v) is 8.68. The van der Waals surface area contributed by atoms with Crippen molar-refractivity contribution in [3.05, 3.63) is 10.4 Å². The quantitative estimate of drug-likeness (QED) is 0.850. The van der Waals surface area contributed by atoms with Gasteiger partial charge in [0.15, 0.2) is 5.78 Å². The van der Waals surface area contributed by atoms with Crippen LogP contribution in [0.25, 0.3) is 0 Å². The largest absolute Gasteiger partial charge is 0.397 e. The van der Waals surface area contributed by atoms with Crippen LogP contribution < -0.4 is 10.6 Å². The molecule has 0 aromatic carbocycles. The Hall–Kier alpha value is -1.03. The van der Waals surface area contributed by atoms with Crippen molar-refractivity contribution in [1.82, 2.24) is 0 Å². The van der Waals surface area contributed by atoms with E-state index in [9.17, 15) is 4.79 Å². The molecule has 0 unspecified atom stereocenters. The fraction of sp³-hybridized carbons (Fsp3) is 0.688. The van der Waals surface area contributed by atoms with Crippen molar-refractivity contribution < 1.29 is 4.79 Å². The van der Waals surface area contributed by atoms with Gasteiger partial charge >= 0.3 is 0 Å². The molecule has 110 valence electrons. The number of nitrogens with zero attached hydrogens (tertiary/aromatic N) is 1. The molecule has 2 fully saturated rings. The molecule has 4 heteroatoms. The molecule has 1 aliphatic heterocycles. The maximum atomic E-state index is 11.8. The van der Waals surface area contributed by atoms with Gasteiger partial charge in [0.2, 0.25) is 0 Å². The lowest BCUT2D eigenvalue weighted by atomic mass is 10.1. The molecule has 2 aliphatic rings. The first kappa shape index (κ1) is 13.9. The van der Waals surface area contributed by atoms with Crippen molar-refractivity contribution >= 4 is 27.8 Å². The van der Waals surface area contributed by atoms with Crippen molar-refractivity contribution in [1.29, 1.82) is 0 Å². The van der Waals surface area contributed by atoms with Crippen molar-refractivity contribution in [2.24, 2.45) is 0 Å². The average Bonchev–Trinajstić information content (AvgIpc) is 3.13. The van der Waals surface area contributed by atoms with Crippen LogP contribution in [0.1, 0.15) is 73.0 Å². The lowest BCUT2D eigenvalue weighted by molar-refractivity contribution is 0.102. The number of hydrogen-bond donors (Lipinski definition) is 1. The van der Waals surface area contributed by atoms with Gasteiger partial charge in [0.25, 0.3) is 0 Å². The molecule has 3 nitrogen and oxygen atoms in total. The minimum absolute atomic E-state index is 0.118. The summed E-state index contributed by atoms with van der Waals surface area (Å²) in [4.78, 5) is 15.1. The second-order valence-corrected chi connectivity index (χ2v) is 7.15. The second kappa shape index (κ2) is 5.76. The van der Waals surface area contributed by atoms with E-state index < -0.39 is 0 Å². The van der Waals surface area contributed by atoms with Crippen LogP contribution in [0.5, 0.6) is 0 Å². The molecule has 0 spiro atoms. The lowest BCUT2D eigenvalue weighted by Crippen LogP contribution is -2.27. The Morgan fingerprint density at radius 1 is 1.15 bits per heavy atom. The van der Waals surface area contributed by atoms with Gasteiger partial charge in [0.05, 0.1) is 15.6 Å². The number of hydrogen-bond acceptors (Lipinski definition) is 4. The molecule has 3 rings (SSSR count). The Morgan fingerprint density at radius 3 is 2.30 bits per heavy atom. The van der Waals surface area contributed by atoms with Gasteiger partial charge in [0.1, 0.15) is 0 Å². The van der Waals surface area contributed by atoms with Crippen LogP contribution >= 0.6 is 11.3 Å². The summed E-state index contributed by atoms with van der Waals surface area (Å²) in [6.07, 6.45) is 9.02. The minimum atomic E-state index is 0.118. The van der Waals surface area contributed by atoms with E-state index in [2.05, 4.69) is 4.90 Å². The zero-order chi connectivity index (χ0) is 14.1. The van der Waals surface area contributed by atoms with E-state index in [1.807, 2.05) is 0 Å². The third-order valence-electron chi connectivity index (χ3n) is 4.41. The molecule has 0 amide bonds. The van der Waals surface area contributed by atoms with Crippen LogP contribution in [0.15, 0.2) is 0 Å². The predicted octanol–water partition coefficient (Wildman–Crippen LogP) is 4.18. The summed E-state index contributed by atoms with van der Waals surface area (Å²) in [6.45, 7) is 3.88. The smallest absolute Gasteiger partial charge is 0.171 e. The number of carbonyl (C=O) groups is 1. The van der Waals surface area contributed by atoms with Crippen LogP contribution in [0.3, 0.4) is 0 Å². The fourth-order valence-electron chi connectivity index (χ4n) is 3.16. The summed E-state index contributed by atoms with van der Waals surface area (Å²) in [5, 5.41) is 1.30. The molecule has 1 aromatic heterocycles. The number of rotatable bonds is 3. The highest BCUT2D eigenvalue weighted by atomic mass is 32.1. The maximum absolute atomic E-state index is 11.8. The summed E-state index contributed by atoms with van der Waals surface area (Å²) >= 11 is 1.64. The van der Waals surface area contributed by atoms with Gasteiger partial charge < -0.3 is 10.6 Å². The number of nitrogens with two attached hydrogens (primary N) is 1. The molecule has 1 saturated carbocycles. The van der Waals surface area contributed by atoms with Crippen LogP contribution in [-0.4, -0.2) is 18.9 Å². The van der Waals surface area contributed by atoms with Crippen LogP contribution in [-0.2, 0) is 0 Å². The number of ketones is 1. The van der Waals surface area contributed by atoms with Crippen LogP contribution in [0.2, 0.25) is 0 Å². The summed E-state index contributed by atoms with van der Waals surface area (Å²) in [5.41, 5.74) is 8.36. The standard InChI is InChI=1S/C16H24N2OS/c1-11(19)15-14(17)13(12-7-8-12)16(20-15)18-9-5-3-2-4-6-10-18/h12H,2-10,17H2,1H3. The SMILES string of the molecule is CC(=O)c1sc(N2CCCCCCC2)c(C2CC2)c1N. The van der Waals surface area contributed by atoms with E-state index in [1.165, 1.54) is 55.5 Å². The van der Waals surface area contributed by atoms with Gasteiger partial charge in [-0.3, -0.25) is 4.79 Å². The van der Waals surface area contributed by atoms with E-state index in [4.69, 9.17) is 5.73 Å². The molecular formula is C16H24N2OS. The number of Topliss-reactive ketones (excluding diaryl/α,β-unsaturated/α-hetero) is 1. The van der Waals surface area contributed by atoms with E-state index in [1.54, 1.807) is 18.3 Å². The van der Waals surface area contributed by atoms with E-state index in [0.717, 1.165) is 23.7 Å². The van der Waals surface area contributed by atoms with Gasteiger partial charge in [-0.25, -0.2) is 0 Å². The highest BCUT2D eigenvalue weighted by Crippen LogP contribution is 2.52. The zero-order valence-corrected chi connectivity index (χ0v) is 13.1. The fourth-order valence-corrected chi connectivity index (χ4v) is 4.41. The van der Waals surface area contributed by atoms with E-state index >= 15 is 0 Å². The Morgan fingerprint density at radius 2 is 1.75 bits per heavy atom. The van der Waals surface area contributed by atoms with Gasteiger partial charge in [-0.05, 0) is 31.6 Å². The second-order valence-electron chi connectivity index (χ2n) is 6.15. The van der Waals surface area contributed by atoms with E-state index in [0.29, 0.717) is 5.92 Å². The van der Waals surface area contributed by atoms with E-state index in [-0.39, 0.29) is 5.78 Å². The molecule has 2 N–H and O–H groups in total. The molecule has 1 saturated heterocycles. The highest BCUT2D eigenvalue weighted by Gasteiger charge is 2.33. The molecule has 20 heavy (non-hydrogen) atoms. The van der Waals surface area contributed by atoms with Gasteiger partial charge in [-0.1, -0.05) is 19.3 Å². The van der Waals surface area contributed by atoms with Crippen LogP contribution in [0, 0.1) is 0 Å². The van der Waals surface area contributed by atoms with Crippen molar-refractivity contribution in [2.75, 3.05) is 23.7 Å². The highest BCUT2D eigenvalue weighted by molar-refractivity contribution is 7.18. The predicted molar refractivity (Wildman–Crippen MR) is 86.0 cm³/mol. The van der Waals surface area contributed by atoms with Crippen molar-refractivity contribution in [3.63, 3.8) is 0 Å². The molecule has 0 bridgehead atoms. The molecule has 0 atom stereocenters. The Labute approximate surface area is 125 Å². The van der Waals surface area contributed by atoms with Crippen LogP contribution in [0.4, 0.5) is 10.7 Å². The minimum Gasteiger partial charge on any atom is -0.397 e. The third-order valence-corrected chi connectivity index (χ3v) is 5.80. The normalized spacial score (nSPS) is 20.6. The first-order valence-electron chi connectivity index (χ1n) is 7.86. The third kappa shape index (κ3) is 2.71. The maximum Gasteiger partial charge on any atom is 0.171 e. The lowest BCUT2D eigenvalue weighted by Gasteiger charge is -2.26. The molecular weight excluding hydrogens is 268 g/mol. The number of nitrogen functional groups attached to an aromatic ring is 1. The Kier molecular flexibility index (Phi) is 4.01. The Balaban J connectivity index is 1.93. The van der Waals surface area contributed by atoms with Crippen molar-refractivity contribution in [3.8, 4) is 0 Å². The number of anilines is 2. The summed E-state index contributed by atoms with van der Waals surface area (Å²) in [5.74, 6) is 0.729. The first-order chi connectivity index (χ1) is 9.68. The molecule has 2 heterocycles. The van der Waals surface area contributed by atoms with Gasteiger partial charge in [0, 0.05) is 25.6 Å². The summed E-state index contributed by atoms with van der Waals surface area (Å²) in [7, 11) is 0. The summed E-state index contributed by atoms with van der Waals surface area (Å²) < 4.78 is 0. The van der Waals surface area contributed by atoms with Gasteiger partial charge in [-0.2, -0.15) is 0 Å².